The maximum atomic E-state index is 12.1. The lowest BCUT2D eigenvalue weighted by atomic mass is 9.92. The van der Waals surface area contributed by atoms with Crippen molar-refractivity contribution < 1.29 is 28.5 Å². The molecule has 1 amide bonds. The Balaban J connectivity index is 2.44. The van der Waals surface area contributed by atoms with Gasteiger partial charge < -0.3 is 24.3 Å². The summed E-state index contributed by atoms with van der Waals surface area (Å²) in [6, 6.07) is 9.42. The van der Waals surface area contributed by atoms with Crippen LogP contribution in [0.15, 0.2) is 43.0 Å². The molecule has 0 saturated carbocycles. The van der Waals surface area contributed by atoms with E-state index in [4.69, 9.17) is 18.9 Å². The number of hydrogen-bond acceptors (Lipinski definition) is 6. The molecule has 0 aliphatic carbocycles. The molecule has 0 saturated heterocycles. The van der Waals surface area contributed by atoms with Crippen molar-refractivity contribution in [2.75, 3.05) is 33.5 Å². The van der Waals surface area contributed by atoms with Gasteiger partial charge in [-0.25, -0.2) is 9.59 Å². The maximum Gasteiger partial charge on any atom is 0.407 e. The highest BCUT2D eigenvalue weighted by Gasteiger charge is 2.34. The molecule has 1 unspecified atom stereocenters. The second kappa shape index (κ2) is 12.0. The molecular formula is C20H29NO6. The first-order valence-corrected chi connectivity index (χ1v) is 8.82. The lowest BCUT2D eigenvalue weighted by Gasteiger charge is -2.33. The molecule has 0 aromatic heterocycles. The summed E-state index contributed by atoms with van der Waals surface area (Å²) < 4.78 is 21.4. The molecule has 0 aliphatic heterocycles. The van der Waals surface area contributed by atoms with E-state index in [1.54, 1.807) is 7.11 Å². The van der Waals surface area contributed by atoms with Gasteiger partial charge in [0, 0.05) is 19.7 Å². The predicted molar refractivity (Wildman–Crippen MR) is 102 cm³/mol. The fourth-order valence-electron chi connectivity index (χ4n) is 2.22. The van der Waals surface area contributed by atoms with Gasteiger partial charge in [-0.05, 0) is 32.4 Å². The maximum absolute atomic E-state index is 12.1. The Bertz CT molecular complexity index is 587. The molecule has 1 N–H and O–H groups in total. The summed E-state index contributed by atoms with van der Waals surface area (Å²) in [5, 5.41) is 2.64. The van der Waals surface area contributed by atoms with Crippen LogP contribution in [0.25, 0.3) is 0 Å². The van der Waals surface area contributed by atoms with Crippen LogP contribution in [0.5, 0.6) is 5.75 Å². The third-order valence-electron chi connectivity index (χ3n) is 3.90. The molecule has 0 fully saturated rings. The van der Waals surface area contributed by atoms with Crippen LogP contribution >= 0.6 is 0 Å². The summed E-state index contributed by atoms with van der Waals surface area (Å²) in [7, 11) is 1.59. The highest BCUT2D eigenvalue weighted by atomic mass is 16.6. The molecule has 27 heavy (non-hydrogen) atoms. The van der Waals surface area contributed by atoms with Crippen molar-refractivity contribution in [3.05, 3.63) is 43.0 Å². The van der Waals surface area contributed by atoms with Crippen LogP contribution in [0.1, 0.15) is 20.3 Å². The molecular weight excluding hydrogens is 350 g/mol. The van der Waals surface area contributed by atoms with Gasteiger partial charge >= 0.3 is 12.1 Å². The van der Waals surface area contributed by atoms with E-state index in [1.165, 1.54) is 0 Å². The third-order valence-corrected chi connectivity index (χ3v) is 3.90. The van der Waals surface area contributed by atoms with Gasteiger partial charge in [-0.2, -0.15) is 0 Å². The van der Waals surface area contributed by atoms with Gasteiger partial charge in [-0.15, -0.1) is 0 Å². The number of benzene rings is 1. The number of rotatable bonds is 12. The Labute approximate surface area is 160 Å². The number of nitrogens with one attached hydrogen (secondary N) is 1. The van der Waals surface area contributed by atoms with Gasteiger partial charge in [0.15, 0.2) is 0 Å². The van der Waals surface area contributed by atoms with E-state index in [0.29, 0.717) is 26.2 Å². The van der Waals surface area contributed by atoms with E-state index in [1.807, 2.05) is 44.2 Å². The fraction of sp³-hybridized carbons (Fsp3) is 0.500. The zero-order valence-corrected chi connectivity index (χ0v) is 16.2. The average molecular weight is 379 g/mol. The molecule has 1 atom stereocenters. The van der Waals surface area contributed by atoms with Crippen molar-refractivity contribution in [1.82, 2.24) is 5.32 Å². The van der Waals surface area contributed by atoms with Gasteiger partial charge in [0.05, 0.1) is 25.7 Å². The molecule has 1 aromatic carbocycles. The largest absolute Gasteiger partial charge is 0.493 e. The average Bonchev–Trinajstić information content (AvgIpc) is 2.64. The number of amides is 1. The second-order valence-electron chi connectivity index (χ2n) is 6.42. The number of carbonyl (C=O) groups is 2. The minimum Gasteiger partial charge on any atom is -0.493 e. The summed E-state index contributed by atoms with van der Waals surface area (Å²) in [4.78, 5) is 23.0. The zero-order chi connectivity index (χ0) is 20.1. The van der Waals surface area contributed by atoms with E-state index in [0.717, 1.165) is 11.8 Å². The van der Waals surface area contributed by atoms with Gasteiger partial charge in [-0.3, -0.25) is 0 Å². The van der Waals surface area contributed by atoms with Gasteiger partial charge in [-0.1, -0.05) is 24.8 Å². The Hall–Kier alpha value is -2.54. The van der Waals surface area contributed by atoms with Crippen LogP contribution in [0.3, 0.4) is 0 Å². The number of para-hydroxylation sites is 1. The van der Waals surface area contributed by atoms with Crippen LogP contribution in [0.2, 0.25) is 0 Å². The highest BCUT2D eigenvalue weighted by molar-refractivity contribution is 5.81. The molecule has 0 radical (unpaired) electrons. The summed E-state index contributed by atoms with van der Waals surface area (Å²) in [5.74, 6) is 0.0921. The number of esters is 1. The summed E-state index contributed by atoms with van der Waals surface area (Å²) in [6.07, 6.45) is 1.03. The van der Waals surface area contributed by atoms with Crippen LogP contribution < -0.4 is 10.1 Å². The topological polar surface area (TPSA) is 83.1 Å². The lowest BCUT2D eigenvalue weighted by Crippen LogP contribution is -2.44. The van der Waals surface area contributed by atoms with Crippen LogP contribution in [-0.2, 0) is 19.0 Å². The summed E-state index contributed by atoms with van der Waals surface area (Å²) in [6.45, 7) is 8.19. The van der Waals surface area contributed by atoms with E-state index in [9.17, 15) is 9.59 Å². The molecule has 1 rings (SSSR count). The zero-order valence-electron chi connectivity index (χ0n) is 16.2. The Morgan fingerprint density at radius 3 is 2.56 bits per heavy atom. The number of hydrogen-bond donors (Lipinski definition) is 1. The quantitative estimate of drug-likeness (QED) is 0.342. The Morgan fingerprint density at radius 1 is 1.22 bits per heavy atom. The van der Waals surface area contributed by atoms with Crippen molar-refractivity contribution in [3.8, 4) is 5.75 Å². The predicted octanol–water partition coefficient (Wildman–Crippen LogP) is 2.95. The Kier molecular flexibility index (Phi) is 9.96. The highest BCUT2D eigenvalue weighted by Crippen LogP contribution is 2.23. The number of methoxy groups -OCH3 is 1. The molecule has 0 bridgehead atoms. The van der Waals surface area contributed by atoms with Crippen LogP contribution in [0.4, 0.5) is 4.79 Å². The first-order chi connectivity index (χ1) is 12.9. The van der Waals surface area contributed by atoms with Crippen LogP contribution in [-0.4, -0.2) is 51.1 Å². The molecule has 0 spiro atoms. The van der Waals surface area contributed by atoms with Crippen molar-refractivity contribution >= 4 is 12.1 Å². The van der Waals surface area contributed by atoms with Gasteiger partial charge in [0.1, 0.15) is 11.4 Å². The third kappa shape index (κ3) is 9.10. The van der Waals surface area contributed by atoms with Crippen molar-refractivity contribution in [1.29, 1.82) is 0 Å². The van der Waals surface area contributed by atoms with E-state index in [2.05, 4.69) is 11.9 Å². The number of ether oxygens (including phenoxy) is 4. The standard InChI is InChI=1S/C20H29NO6/c1-5-18(22)25-13-9-12-21-19(23)27-20(2,3)16(14-24-4)15-26-17-10-7-6-8-11-17/h5-8,10-11,16H,1,9,12-15H2,2-4H3,(H,21,23). The Morgan fingerprint density at radius 2 is 1.93 bits per heavy atom. The summed E-state index contributed by atoms with van der Waals surface area (Å²) in [5.41, 5.74) is -0.801. The van der Waals surface area contributed by atoms with Gasteiger partial charge in [0.2, 0.25) is 0 Å². The number of alkyl carbamates (subject to hydrolysis) is 1. The van der Waals surface area contributed by atoms with E-state index in [-0.39, 0.29) is 12.5 Å². The number of carbonyl (C=O) groups excluding carboxylic acids is 2. The second-order valence-corrected chi connectivity index (χ2v) is 6.42. The lowest BCUT2D eigenvalue weighted by molar-refractivity contribution is -0.137. The molecule has 7 heteroatoms. The molecule has 150 valence electrons. The molecule has 1 aromatic rings. The first kappa shape index (κ1) is 22.5. The minimum absolute atomic E-state index is 0.165. The SMILES string of the molecule is C=CC(=O)OCCCNC(=O)OC(C)(C)C(COC)COc1ccccc1. The van der Waals surface area contributed by atoms with E-state index < -0.39 is 17.7 Å². The van der Waals surface area contributed by atoms with Crippen molar-refractivity contribution in [2.45, 2.75) is 25.9 Å². The van der Waals surface area contributed by atoms with Crippen LogP contribution in [0, 0.1) is 5.92 Å². The monoisotopic (exact) mass is 379 g/mol. The van der Waals surface area contributed by atoms with Crippen molar-refractivity contribution in [3.63, 3.8) is 0 Å². The van der Waals surface area contributed by atoms with Gasteiger partial charge in [0.25, 0.3) is 0 Å². The fourth-order valence-corrected chi connectivity index (χ4v) is 2.22. The smallest absolute Gasteiger partial charge is 0.407 e. The van der Waals surface area contributed by atoms with E-state index >= 15 is 0 Å². The summed E-state index contributed by atoms with van der Waals surface area (Å²) >= 11 is 0. The minimum atomic E-state index is -0.801. The molecule has 7 nitrogen and oxygen atoms in total. The molecule has 0 heterocycles. The first-order valence-electron chi connectivity index (χ1n) is 8.82. The normalized spacial score (nSPS) is 12.0. The van der Waals surface area contributed by atoms with Crippen molar-refractivity contribution in [2.24, 2.45) is 5.92 Å². The molecule has 0 aliphatic rings.